The van der Waals surface area contributed by atoms with E-state index in [1.54, 1.807) is 0 Å². The lowest BCUT2D eigenvalue weighted by Crippen LogP contribution is -1.98. The zero-order valence-electron chi connectivity index (χ0n) is 8.91. The fourth-order valence-electron chi connectivity index (χ4n) is 1.34. The van der Waals surface area contributed by atoms with Gasteiger partial charge >= 0.3 is 0 Å². The van der Waals surface area contributed by atoms with Gasteiger partial charge in [0.05, 0.1) is 19.2 Å². The van der Waals surface area contributed by atoms with Crippen molar-refractivity contribution >= 4 is 0 Å². The summed E-state index contributed by atoms with van der Waals surface area (Å²) < 4.78 is 36.8. The Balaban J connectivity index is 2.57. The number of hydrogen-bond acceptors (Lipinski definition) is 5. The minimum Gasteiger partial charge on any atom is -0.494 e. The zero-order chi connectivity index (χ0) is 12.4. The minimum atomic E-state index is -0.878. The lowest BCUT2D eigenvalue weighted by atomic mass is 10.1. The smallest absolute Gasteiger partial charge is 0.240 e. The van der Waals surface area contributed by atoms with Gasteiger partial charge in [0.25, 0.3) is 0 Å². The molecule has 2 N–H and O–H groups in total. The first-order valence-corrected chi connectivity index (χ1v) is 4.72. The average Bonchev–Trinajstić information content (AvgIpc) is 2.78. The summed E-state index contributed by atoms with van der Waals surface area (Å²) in [6.07, 6.45) is 0. The molecule has 7 heteroatoms. The molecule has 0 aliphatic carbocycles. The predicted octanol–water partition coefficient (Wildman–Crippen LogP) is 1.48. The van der Waals surface area contributed by atoms with Crippen LogP contribution < -0.4 is 10.5 Å². The molecule has 0 spiro atoms. The summed E-state index contributed by atoms with van der Waals surface area (Å²) in [6, 6.07) is 2.24. The quantitative estimate of drug-likeness (QED) is 0.881. The maximum absolute atomic E-state index is 13.8. The van der Waals surface area contributed by atoms with Crippen LogP contribution in [0.3, 0.4) is 0 Å². The van der Waals surface area contributed by atoms with Crippen molar-refractivity contribution in [2.45, 2.75) is 6.54 Å². The maximum atomic E-state index is 13.8. The molecule has 17 heavy (non-hydrogen) atoms. The van der Waals surface area contributed by atoms with Gasteiger partial charge in [-0.05, 0) is 12.1 Å². The van der Waals surface area contributed by atoms with Crippen LogP contribution in [0, 0.1) is 11.6 Å². The fraction of sp³-hybridized carbons (Fsp3) is 0.200. The molecular formula is C10H9F2N3O2. The summed E-state index contributed by atoms with van der Waals surface area (Å²) >= 11 is 0. The topological polar surface area (TPSA) is 74.2 Å². The van der Waals surface area contributed by atoms with E-state index >= 15 is 0 Å². The number of halogens is 2. The molecule has 2 aromatic rings. The van der Waals surface area contributed by atoms with Gasteiger partial charge in [0.2, 0.25) is 11.7 Å². The van der Waals surface area contributed by atoms with Crippen molar-refractivity contribution in [3.05, 3.63) is 29.7 Å². The summed E-state index contributed by atoms with van der Waals surface area (Å²) in [5.74, 6) is -1.87. The van der Waals surface area contributed by atoms with Crippen LogP contribution in [0.4, 0.5) is 8.78 Å². The van der Waals surface area contributed by atoms with E-state index in [0.717, 1.165) is 6.07 Å². The fourth-order valence-corrected chi connectivity index (χ4v) is 1.34. The van der Waals surface area contributed by atoms with E-state index in [1.165, 1.54) is 13.2 Å². The molecule has 0 fully saturated rings. The van der Waals surface area contributed by atoms with Gasteiger partial charge in [-0.25, -0.2) is 8.78 Å². The van der Waals surface area contributed by atoms with Gasteiger partial charge in [0.1, 0.15) is 5.82 Å². The van der Waals surface area contributed by atoms with Crippen molar-refractivity contribution in [1.82, 2.24) is 10.1 Å². The van der Waals surface area contributed by atoms with E-state index in [4.69, 9.17) is 15.0 Å². The summed E-state index contributed by atoms with van der Waals surface area (Å²) in [4.78, 5) is 3.76. The molecule has 0 saturated carbocycles. The molecule has 0 aliphatic heterocycles. The molecule has 90 valence electrons. The van der Waals surface area contributed by atoms with Crippen LogP contribution in [0.15, 0.2) is 16.7 Å². The van der Waals surface area contributed by atoms with Gasteiger partial charge in [0, 0.05) is 0 Å². The first-order chi connectivity index (χ1) is 8.17. The van der Waals surface area contributed by atoms with E-state index in [9.17, 15) is 8.78 Å². The van der Waals surface area contributed by atoms with Crippen LogP contribution in [-0.2, 0) is 6.54 Å². The maximum Gasteiger partial charge on any atom is 0.240 e. The van der Waals surface area contributed by atoms with Crippen molar-refractivity contribution in [1.29, 1.82) is 0 Å². The van der Waals surface area contributed by atoms with E-state index in [2.05, 4.69) is 10.1 Å². The molecule has 0 amide bonds. The third-order valence-electron chi connectivity index (χ3n) is 2.14. The van der Waals surface area contributed by atoms with Crippen molar-refractivity contribution < 1.29 is 18.0 Å². The molecule has 1 heterocycles. The average molecular weight is 241 g/mol. The Morgan fingerprint density at radius 3 is 2.76 bits per heavy atom. The van der Waals surface area contributed by atoms with Crippen molar-refractivity contribution in [2.75, 3.05) is 7.11 Å². The van der Waals surface area contributed by atoms with Crippen LogP contribution in [0.25, 0.3) is 11.4 Å². The zero-order valence-corrected chi connectivity index (χ0v) is 8.91. The minimum absolute atomic E-state index is 0.000205. The largest absolute Gasteiger partial charge is 0.494 e. The monoisotopic (exact) mass is 241 g/mol. The Bertz CT molecular complexity index is 542. The molecule has 0 saturated heterocycles. The number of ether oxygens (including phenoxy) is 1. The SMILES string of the molecule is COc1ccc(F)c(-c2noc(CN)n2)c1F. The van der Waals surface area contributed by atoms with Gasteiger partial charge in [0.15, 0.2) is 11.6 Å². The van der Waals surface area contributed by atoms with Gasteiger partial charge in [-0.1, -0.05) is 5.16 Å². The molecule has 0 unspecified atom stereocenters. The van der Waals surface area contributed by atoms with Gasteiger partial charge < -0.3 is 15.0 Å². The molecule has 0 aliphatic rings. The van der Waals surface area contributed by atoms with Crippen LogP contribution in [0.2, 0.25) is 0 Å². The van der Waals surface area contributed by atoms with E-state index < -0.39 is 17.2 Å². The highest BCUT2D eigenvalue weighted by Crippen LogP contribution is 2.29. The van der Waals surface area contributed by atoms with Crippen LogP contribution in [0.1, 0.15) is 5.89 Å². The van der Waals surface area contributed by atoms with Crippen molar-refractivity contribution in [3.63, 3.8) is 0 Å². The second-order valence-electron chi connectivity index (χ2n) is 3.15. The predicted molar refractivity (Wildman–Crippen MR) is 54.1 cm³/mol. The third kappa shape index (κ3) is 1.96. The Labute approximate surface area is 95.2 Å². The summed E-state index contributed by atoms with van der Waals surface area (Å²) in [6.45, 7) is 0.000205. The number of rotatable bonds is 3. The lowest BCUT2D eigenvalue weighted by molar-refractivity contribution is 0.377. The van der Waals surface area contributed by atoms with Gasteiger partial charge in [-0.15, -0.1) is 0 Å². The van der Waals surface area contributed by atoms with Gasteiger partial charge in [-0.2, -0.15) is 4.98 Å². The van der Waals surface area contributed by atoms with E-state index in [-0.39, 0.29) is 24.0 Å². The van der Waals surface area contributed by atoms with E-state index in [1.807, 2.05) is 0 Å². The molecule has 0 bridgehead atoms. The second-order valence-corrected chi connectivity index (χ2v) is 3.15. The highest BCUT2D eigenvalue weighted by Gasteiger charge is 2.20. The Morgan fingerprint density at radius 1 is 1.41 bits per heavy atom. The molecule has 5 nitrogen and oxygen atoms in total. The Morgan fingerprint density at radius 2 is 2.18 bits per heavy atom. The highest BCUT2D eigenvalue weighted by molar-refractivity contribution is 5.59. The summed E-state index contributed by atoms with van der Waals surface area (Å²) in [5.41, 5.74) is 4.87. The number of hydrogen-bond donors (Lipinski definition) is 1. The standard InChI is InChI=1S/C10H9F2N3O2/c1-16-6-3-2-5(11)8(9(6)12)10-14-7(4-13)17-15-10/h2-3H,4,13H2,1H3. The number of methoxy groups -OCH3 is 1. The number of benzene rings is 1. The first kappa shape index (κ1) is 11.5. The highest BCUT2D eigenvalue weighted by atomic mass is 19.1. The number of aromatic nitrogens is 2. The molecule has 2 rings (SSSR count). The molecule has 0 atom stereocenters. The molecule has 1 aromatic heterocycles. The number of nitrogens with zero attached hydrogens (tertiary/aromatic N) is 2. The van der Waals surface area contributed by atoms with E-state index in [0.29, 0.717) is 0 Å². The summed E-state index contributed by atoms with van der Waals surface area (Å²) in [7, 11) is 1.28. The first-order valence-electron chi connectivity index (χ1n) is 4.72. The molecule has 1 aromatic carbocycles. The second kappa shape index (κ2) is 4.46. The lowest BCUT2D eigenvalue weighted by Gasteiger charge is -2.05. The number of nitrogens with two attached hydrogens (primary N) is 1. The van der Waals surface area contributed by atoms with Crippen LogP contribution in [-0.4, -0.2) is 17.3 Å². The van der Waals surface area contributed by atoms with Crippen LogP contribution >= 0.6 is 0 Å². The Kier molecular flexibility index (Phi) is 3.01. The molecular weight excluding hydrogens is 232 g/mol. The van der Waals surface area contributed by atoms with Crippen LogP contribution in [0.5, 0.6) is 5.75 Å². The normalized spacial score (nSPS) is 10.6. The summed E-state index contributed by atoms with van der Waals surface area (Å²) in [5, 5.41) is 3.45. The van der Waals surface area contributed by atoms with Gasteiger partial charge in [-0.3, -0.25) is 0 Å². The molecule has 0 radical (unpaired) electrons. The third-order valence-corrected chi connectivity index (χ3v) is 2.14. The van der Waals surface area contributed by atoms with Crippen molar-refractivity contribution in [2.24, 2.45) is 5.73 Å². The van der Waals surface area contributed by atoms with Crippen molar-refractivity contribution in [3.8, 4) is 17.1 Å². The Hall–Kier alpha value is -2.02.